The van der Waals surface area contributed by atoms with Crippen LogP contribution in [-0.2, 0) is 14.8 Å². The van der Waals surface area contributed by atoms with Gasteiger partial charge in [-0.2, -0.15) is 12.6 Å². The van der Waals surface area contributed by atoms with Crippen molar-refractivity contribution in [2.24, 2.45) is 0 Å². The molecule has 1 aromatic rings. The van der Waals surface area contributed by atoms with Crippen molar-refractivity contribution in [2.75, 3.05) is 36.0 Å². The first-order valence-corrected chi connectivity index (χ1v) is 8.94. The summed E-state index contributed by atoms with van der Waals surface area (Å²) in [6.45, 7) is 2.52. The molecule has 8 heteroatoms. The van der Waals surface area contributed by atoms with E-state index in [1.807, 2.05) is 6.92 Å². The van der Waals surface area contributed by atoms with E-state index in [0.717, 1.165) is 10.6 Å². The monoisotopic (exact) mass is 332 g/mol. The average Bonchev–Trinajstić information content (AvgIpc) is 2.43. The van der Waals surface area contributed by atoms with E-state index in [9.17, 15) is 13.2 Å². The predicted molar refractivity (Wildman–Crippen MR) is 86.7 cm³/mol. The van der Waals surface area contributed by atoms with Gasteiger partial charge >= 0.3 is 0 Å². The van der Waals surface area contributed by atoms with Crippen molar-refractivity contribution in [2.45, 2.75) is 6.92 Å². The second-order valence-electron chi connectivity index (χ2n) is 4.27. The minimum atomic E-state index is -3.55. The minimum Gasteiger partial charge on any atom is -0.494 e. The lowest BCUT2D eigenvalue weighted by atomic mass is 10.3. The van der Waals surface area contributed by atoms with Crippen molar-refractivity contribution < 1.29 is 17.9 Å². The molecule has 1 amide bonds. The maximum Gasteiger partial charge on any atom is 0.240 e. The molecule has 1 rings (SSSR count). The Morgan fingerprint density at radius 3 is 2.43 bits per heavy atom. The number of ether oxygens (including phenoxy) is 1. The molecule has 0 fully saturated rings. The fourth-order valence-corrected chi connectivity index (χ4v) is 2.63. The summed E-state index contributed by atoms with van der Waals surface area (Å²) in [6, 6.07) is 6.56. The normalized spacial score (nSPS) is 11.0. The van der Waals surface area contributed by atoms with Crippen molar-refractivity contribution in [3.05, 3.63) is 24.3 Å². The number of benzene rings is 1. The highest BCUT2D eigenvalue weighted by Gasteiger charge is 2.20. The van der Waals surface area contributed by atoms with Crippen LogP contribution >= 0.6 is 12.6 Å². The number of amides is 1. The van der Waals surface area contributed by atoms with Crippen molar-refractivity contribution >= 4 is 34.2 Å². The number of hydrogen-bond donors (Lipinski definition) is 2. The van der Waals surface area contributed by atoms with Crippen LogP contribution in [0.4, 0.5) is 5.69 Å². The second kappa shape index (κ2) is 8.14. The third-order valence-corrected chi connectivity index (χ3v) is 3.92. The number of nitrogens with zero attached hydrogens (tertiary/aromatic N) is 1. The summed E-state index contributed by atoms with van der Waals surface area (Å²) in [4.78, 5) is 11.7. The van der Waals surface area contributed by atoms with Gasteiger partial charge in [0.25, 0.3) is 0 Å². The number of rotatable bonds is 8. The number of sulfonamides is 1. The second-order valence-corrected chi connectivity index (χ2v) is 6.62. The summed E-state index contributed by atoms with van der Waals surface area (Å²) in [5.41, 5.74) is 0.418. The van der Waals surface area contributed by atoms with Crippen LogP contribution < -0.4 is 14.4 Å². The van der Waals surface area contributed by atoms with Gasteiger partial charge in [0, 0.05) is 12.3 Å². The van der Waals surface area contributed by atoms with E-state index in [0.29, 0.717) is 30.3 Å². The molecule has 0 aliphatic heterocycles. The highest BCUT2D eigenvalue weighted by atomic mass is 32.2. The molecule has 0 bridgehead atoms. The number of thiol groups is 1. The zero-order chi connectivity index (χ0) is 15.9. The number of carbonyl (C=O) groups excluding carboxylic acids is 1. The molecule has 0 spiro atoms. The molecular formula is C13H20N2O4S2. The molecular weight excluding hydrogens is 312 g/mol. The first-order valence-electron chi connectivity index (χ1n) is 6.46. The first-order chi connectivity index (χ1) is 9.88. The lowest BCUT2D eigenvalue weighted by molar-refractivity contribution is -0.119. The van der Waals surface area contributed by atoms with Gasteiger partial charge in [-0.1, -0.05) is 0 Å². The molecule has 0 aromatic heterocycles. The molecule has 1 N–H and O–H groups in total. The Morgan fingerprint density at radius 1 is 1.33 bits per heavy atom. The van der Waals surface area contributed by atoms with Crippen LogP contribution in [0, 0.1) is 0 Å². The van der Waals surface area contributed by atoms with Crippen LogP contribution in [0.1, 0.15) is 6.92 Å². The predicted octanol–water partition coefficient (Wildman–Crippen LogP) is 0.897. The van der Waals surface area contributed by atoms with E-state index in [1.54, 1.807) is 24.3 Å². The summed E-state index contributed by atoms with van der Waals surface area (Å²) >= 11 is 3.98. The smallest absolute Gasteiger partial charge is 0.240 e. The Morgan fingerprint density at radius 2 is 1.95 bits per heavy atom. The minimum absolute atomic E-state index is 0.263. The van der Waals surface area contributed by atoms with Crippen molar-refractivity contribution in [1.82, 2.24) is 5.32 Å². The van der Waals surface area contributed by atoms with Crippen LogP contribution in [0.25, 0.3) is 0 Å². The van der Waals surface area contributed by atoms with Crippen molar-refractivity contribution in [3.63, 3.8) is 0 Å². The summed E-state index contributed by atoms with van der Waals surface area (Å²) in [5, 5.41) is 2.59. The molecule has 118 valence electrons. The van der Waals surface area contributed by atoms with E-state index < -0.39 is 10.0 Å². The molecule has 0 saturated heterocycles. The quantitative estimate of drug-likeness (QED) is 0.694. The van der Waals surface area contributed by atoms with Crippen molar-refractivity contribution in [1.29, 1.82) is 0 Å². The van der Waals surface area contributed by atoms with E-state index in [1.165, 1.54) is 0 Å². The molecule has 0 aliphatic carbocycles. The van der Waals surface area contributed by atoms with Gasteiger partial charge in [0.2, 0.25) is 15.9 Å². The van der Waals surface area contributed by atoms with Crippen molar-refractivity contribution in [3.8, 4) is 5.75 Å². The topological polar surface area (TPSA) is 75.7 Å². The molecule has 0 aliphatic rings. The fourth-order valence-electron chi connectivity index (χ4n) is 1.66. The standard InChI is InChI=1S/C13H20N2O4S2/c1-3-19-12-6-4-11(5-7-12)15(21(2,17)18)10-13(16)14-8-9-20/h4-7,20H,3,8-10H2,1-2H3,(H,14,16). The lowest BCUT2D eigenvalue weighted by Gasteiger charge is -2.22. The van der Waals surface area contributed by atoms with E-state index in [2.05, 4.69) is 17.9 Å². The zero-order valence-corrected chi connectivity index (χ0v) is 13.8. The molecule has 0 atom stereocenters. The molecule has 0 saturated carbocycles. The number of hydrogen-bond acceptors (Lipinski definition) is 5. The first kappa shape index (κ1) is 17.6. The van der Waals surface area contributed by atoms with E-state index >= 15 is 0 Å². The Bertz CT molecular complexity index is 558. The summed E-state index contributed by atoms with van der Waals surface area (Å²) in [7, 11) is -3.55. The van der Waals surface area contributed by atoms with Gasteiger partial charge in [0.1, 0.15) is 12.3 Å². The molecule has 1 aromatic carbocycles. The highest BCUT2D eigenvalue weighted by molar-refractivity contribution is 7.92. The number of anilines is 1. The van der Waals surface area contributed by atoms with Gasteiger partial charge < -0.3 is 10.1 Å². The lowest BCUT2D eigenvalue weighted by Crippen LogP contribution is -2.40. The number of nitrogens with one attached hydrogen (secondary N) is 1. The van der Waals surface area contributed by atoms with Crippen LogP contribution in [0.15, 0.2) is 24.3 Å². The van der Waals surface area contributed by atoms with Crippen LogP contribution in [-0.4, -0.2) is 46.0 Å². The van der Waals surface area contributed by atoms with Gasteiger partial charge in [-0.15, -0.1) is 0 Å². The summed E-state index contributed by atoms with van der Waals surface area (Å²) in [6.07, 6.45) is 1.06. The van der Waals surface area contributed by atoms with Gasteiger partial charge in [0.15, 0.2) is 0 Å². The average molecular weight is 332 g/mol. The third kappa shape index (κ3) is 5.84. The SMILES string of the molecule is CCOc1ccc(N(CC(=O)NCCS)S(C)(=O)=O)cc1. The molecule has 0 unspecified atom stereocenters. The van der Waals surface area contributed by atoms with E-state index in [-0.39, 0.29) is 12.5 Å². The Labute approximate surface area is 130 Å². The van der Waals surface area contributed by atoms with Gasteiger partial charge in [0.05, 0.1) is 18.6 Å². The fraction of sp³-hybridized carbons (Fsp3) is 0.462. The van der Waals surface area contributed by atoms with Gasteiger partial charge in [-0.05, 0) is 31.2 Å². The summed E-state index contributed by atoms with van der Waals surface area (Å²) in [5.74, 6) is 0.769. The zero-order valence-electron chi connectivity index (χ0n) is 12.1. The van der Waals surface area contributed by atoms with Crippen LogP contribution in [0.3, 0.4) is 0 Å². The maximum absolute atomic E-state index is 11.9. The van der Waals surface area contributed by atoms with Crippen LogP contribution in [0.2, 0.25) is 0 Å². The number of carbonyl (C=O) groups is 1. The third-order valence-electron chi connectivity index (χ3n) is 2.56. The summed E-state index contributed by atoms with van der Waals surface area (Å²) < 4.78 is 30.1. The Balaban J connectivity index is 2.90. The van der Waals surface area contributed by atoms with Gasteiger partial charge in [-0.3, -0.25) is 9.10 Å². The molecule has 0 heterocycles. The van der Waals surface area contributed by atoms with Crippen LogP contribution in [0.5, 0.6) is 5.75 Å². The molecule has 6 nitrogen and oxygen atoms in total. The Hall–Kier alpha value is -1.41. The highest BCUT2D eigenvalue weighted by Crippen LogP contribution is 2.21. The van der Waals surface area contributed by atoms with Gasteiger partial charge in [-0.25, -0.2) is 8.42 Å². The molecule has 0 radical (unpaired) electrons. The largest absolute Gasteiger partial charge is 0.494 e. The Kier molecular flexibility index (Phi) is 6.83. The van der Waals surface area contributed by atoms with E-state index in [4.69, 9.17) is 4.74 Å². The molecule has 21 heavy (non-hydrogen) atoms. The maximum atomic E-state index is 11.9.